The van der Waals surface area contributed by atoms with Gasteiger partial charge in [-0.05, 0) is 50.6 Å². The van der Waals surface area contributed by atoms with Gasteiger partial charge in [0.2, 0.25) is 5.76 Å². The molecule has 0 aliphatic carbocycles. The van der Waals surface area contributed by atoms with Gasteiger partial charge in [0, 0.05) is 49.1 Å². The van der Waals surface area contributed by atoms with Gasteiger partial charge >= 0.3 is 0 Å². The second-order valence-electron chi connectivity index (χ2n) is 10.5. The van der Waals surface area contributed by atoms with Gasteiger partial charge in [-0.1, -0.05) is 11.6 Å². The van der Waals surface area contributed by atoms with Gasteiger partial charge in [-0.15, -0.1) is 0 Å². The number of rotatable bonds is 3. The normalized spacial score (nSPS) is 19.6. The van der Waals surface area contributed by atoms with Crippen molar-refractivity contribution in [2.24, 2.45) is 5.41 Å². The zero-order valence-electron chi connectivity index (χ0n) is 20.1. The smallest absolute Gasteiger partial charge is 0.291 e. The number of aryl methyl sites for hydroxylation is 2. The summed E-state index contributed by atoms with van der Waals surface area (Å²) in [4.78, 5) is 40.6. The molecule has 1 spiro atoms. The molecule has 2 aromatic heterocycles. The number of carbonyl (C=O) groups excluding carboxylic acids is 2. The summed E-state index contributed by atoms with van der Waals surface area (Å²) in [6, 6.07) is 7.44. The number of oxazole rings is 1. The zero-order chi connectivity index (χ0) is 24.7. The molecule has 2 fully saturated rings. The minimum absolute atomic E-state index is 0.0493. The number of likely N-dealkylation sites (tertiary alicyclic amines) is 1. The third-order valence-electron chi connectivity index (χ3n) is 7.46. The Hall–Kier alpha value is -3.39. The Morgan fingerprint density at radius 1 is 1.06 bits per heavy atom. The topological polar surface area (TPSA) is 82.8 Å². The number of fused-ring (bicyclic) bond motifs is 1. The number of aromatic nitrogens is 2. The molecule has 8 nitrogen and oxygen atoms in total. The van der Waals surface area contributed by atoms with Crippen LogP contribution in [0.25, 0.3) is 0 Å². The molecule has 35 heavy (non-hydrogen) atoms. The van der Waals surface area contributed by atoms with Crippen molar-refractivity contribution in [3.63, 3.8) is 0 Å². The third-order valence-corrected chi connectivity index (χ3v) is 7.69. The molecule has 0 unspecified atom stereocenters. The van der Waals surface area contributed by atoms with Gasteiger partial charge in [-0.3, -0.25) is 19.5 Å². The largest absolute Gasteiger partial charge is 0.436 e. The van der Waals surface area contributed by atoms with Crippen LogP contribution in [-0.2, 0) is 5.54 Å². The van der Waals surface area contributed by atoms with Crippen molar-refractivity contribution in [1.82, 2.24) is 14.9 Å². The van der Waals surface area contributed by atoms with Gasteiger partial charge < -0.3 is 14.2 Å². The first-order valence-electron chi connectivity index (χ1n) is 11.7. The minimum atomic E-state index is -0.542. The van der Waals surface area contributed by atoms with Crippen LogP contribution in [0.2, 0.25) is 5.02 Å². The summed E-state index contributed by atoms with van der Waals surface area (Å²) in [5.74, 6) is 0.705. The molecule has 9 heteroatoms. The molecule has 3 aliphatic rings. The molecule has 0 bridgehead atoms. The lowest BCUT2D eigenvalue weighted by atomic mass is 9.72. The van der Waals surface area contributed by atoms with E-state index in [9.17, 15) is 9.59 Å². The second-order valence-corrected chi connectivity index (χ2v) is 10.9. The van der Waals surface area contributed by atoms with Gasteiger partial charge in [0.15, 0.2) is 5.89 Å². The van der Waals surface area contributed by atoms with Gasteiger partial charge in [-0.2, -0.15) is 0 Å². The van der Waals surface area contributed by atoms with Gasteiger partial charge in [0.25, 0.3) is 11.8 Å². The zero-order valence-corrected chi connectivity index (χ0v) is 20.9. The number of hydrogen-bond acceptors (Lipinski definition) is 6. The monoisotopic (exact) mass is 491 g/mol. The number of benzene rings is 1. The molecule has 2 saturated heterocycles. The molecule has 5 heterocycles. The van der Waals surface area contributed by atoms with Crippen LogP contribution in [0.3, 0.4) is 0 Å². The standard InChI is InChI=1S/C26H26ClN5O3/c1-15-22(35-16(2)29-15)24(34)31-13-26(14-31)11-30(12-26)18-8-19(10-28-9-18)32-23(33)20-6-5-17(27)7-21(20)25(32,3)4/h5-10H,11-14H2,1-4H3. The van der Waals surface area contributed by atoms with Crippen LogP contribution in [0.5, 0.6) is 0 Å². The molecule has 2 amide bonds. The van der Waals surface area contributed by atoms with Crippen molar-refractivity contribution in [1.29, 1.82) is 0 Å². The summed E-state index contributed by atoms with van der Waals surface area (Å²) in [7, 11) is 0. The molecular formula is C26H26ClN5O3. The Morgan fingerprint density at radius 2 is 1.77 bits per heavy atom. The second kappa shape index (κ2) is 7.31. The quantitative estimate of drug-likeness (QED) is 0.546. The number of pyridine rings is 1. The fourth-order valence-corrected chi connectivity index (χ4v) is 5.95. The van der Waals surface area contributed by atoms with E-state index in [0.29, 0.717) is 41.0 Å². The van der Waals surface area contributed by atoms with Gasteiger partial charge in [-0.25, -0.2) is 4.98 Å². The van der Waals surface area contributed by atoms with E-state index >= 15 is 0 Å². The van der Waals surface area contributed by atoms with E-state index in [2.05, 4.69) is 14.9 Å². The van der Waals surface area contributed by atoms with Crippen LogP contribution >= 0.6 is 11.6 Å². The Kier molecular flexibility index (Phi) is 4.61. The predicted octanol–water partition coefficient (Wildman–Crippen LogP) is 4.20. The molecule has 3 aliphatic heterocycles. The van der Waals surface area contributed by atoms with Crippen molar-refractivity contribution < 1.29 is 14.0 Å². The maximum absolute atomic E-state index is 13.3. The highest BCUT2D eigenvalue weighted by Crippen LogP contribution is 2.45. The van der Waals surface area contributed by atoms with Crippen molar-refractivity contribution >= 4 is 34.8 Å². The highest BCUT2D eigenvalue weighted by Gasteiger charge is 2.54. The number of nitrogens with zero attached hydrogens (tertiary/aromatic N) is 5. The van der Waals surface area contributed by atoms with Crippen LogP contribution < -0.4 is 9.80 Å². The maximum Gasteiger partial charge on any atom is 0.291 e. The fraction of sp³-hybridized carbons (Fsp3) is 0.385. The first kappa shape index (κ1) is 22.1. The molecule has 3 aromatic rings. The average Bonchev–Trinajstić information content (AvgIpc) is 3.18. The van der Waals surface area contributed by atoms with Crippen molar-refractivity contribution in [3.05, 3.63) is 70.2 Å². The lowest BCUT2D eigenvalue weighted by molar-refractivity contribution is -0.0125. The first-order chi connectivity index (χ1) is 16.6. The molecule has 0 radical (unpaired) electrons. The van der Waals surface area contributed by atoms with E-state index in [1.807, 2.05) is 37.1 Å². The van der Waals surface area contributed by atoms with Gasteiger partial charge in [0.1, 0.15) is 0 Å². The number of hydrogen-bond donors (Lipinski definition) is 0. The van der Waals surface area contributed by atoms with Crippen LogP contribution in [0, 0.1) is 19.3 Å². The molecule has 0 saturated carbocycles. The summed E-state index contributed by atoms with van der Waals surface area (Å²) in [5, 5.41) is 0.617. The Labute approximate surface area is 208 Å². The summed E-state index contributed by atoms with van der Waals surface area (Å²) < 4.78 is 5.50. The molecule has 180 valence electrons. The lowest BCUT2D eigenvalue weighted by Gasteiger charge is -2.60. The average molecular weight is 492 g/mol. The Morgan fingerprint density at radius 3 is 2.46 bits per heavy atom. The molecule has 0 N–H and O–H groups in total. The van der Waals surface area contributed by atoms with Crippen LogP contribution in [-0.4, -0.2) is 52.9 Å². The van der Waals surface area contributed by atoms with Crippen LogP contribution in [0.1, 0.15) is 51.9 Å². The summed E-state index contributed by atoms with van der Waals surface area (Å²) >= 11 is 6.22. The van der Waals surface area contributed by atoms with E-state index in [4.69, 9.17) is 16.0 Å². The van der Waals surface area contributed by atoms with Crippen molar-refractivity contribution in [2.45, 2.75) is 33.2 Å². The number of halogens is 1. The number of carbonyl (C=O) groups is 2. The van der Waals surface area contributed by atoms with E-state index in [0.717, 1.165) is 30.0 Å². The third kappa shape index (κ3) is 3.26. The van der Waals surface area contributed by atoms with E-state index in [1.54, 1.807) is 37.1 Å². The van der Waals surface area contributed by atoms with Crippen LogP contribution in [0.4, 0.5) is 11.4 Å². The van der Waals surface area contributed by atoms with Crippen LogP contribution in [0.15, 0.2) is 41.1 Å². The summed E-state index contributed by atoms with van der Waals surface area (Å²) in [6.45, 7) is 10.7. The van der Waals surface area contributed by atoms with Crippen molar-refractivity contribution in [3.8, 4) is 0 Å². The minimum Gasteiger partial charge on any atom is -0.436 e. The Balaban J connectivity index is 1.16. The summed E-state index contributed by atoms with van der Waals surface area (Å²) in [5.41, 5.74) is 3.49. The Bertz CT molecular complexity index is 1380. The molecule has 6 rings (SSSR count). The van der Waals surface area contributed by atoms with Gasteiger partial charge in [0.05, 0.1) is 35.0 Å². The van der Waals surface area contributed by atoms with Crippen molar-refractivity contribution in [2.75, 3.05) is 36.0 Å². The highest BCUT2D eigenvalue weighted by molar-refractivity contribution is 6.31. The predicted molar refractivity (Wildman–Crippen MR) is 132 cm³/mol. The SMILES string of the molecule is Cc1nc(C)c(C(=O)N2CC3(C2)CN(c2cncc(N4C(=O)c5ccc(Cl)cc5C4(C)C)c2)C3)o1. The van der Waals surface area contributed by atoms with E-state index in [1.165, 1.54) is 0 Å². The van der Waals surface area contributed by atoms with E-state index in [-0.39, 0.29) is 17.2 Å². The highest BCUT2D eigenvalue weighted by atomic mass is 35.5. The molecule has 0 atom stereocenters. The molecule has 1 aromatic carbocycles. The lowest BCUT2D eigenvalue weighted by Crippen LogP contribution is -2.73. The number of anilines is 2. The first-order valence-corrected chi connectivity index (χ1v) is 12.0. The summed E-state index contributed by atoms with van der Waals surface area (Å²) in [6.07, 6.45) is 3.56. The fourth-order valence-electron chi connectivity index (χ4n) is 5.78. The number of amides is 2. The maximum atomic E-state index is 13.3. The molecular weight excluding hydrogens is 466 g/mol. The van der Waals surface area contributed by atoms with E-state index < -0.39 is 5.54 Å².